The molecule has 0 aliphatic heterocycles. The van der Waals surface area contributed by atoms with Gasteiger partial charge in [0.25, 0.3) is 0 Å². The van der Waals surface area contributed by atoms with E-state index in [1.807, 2.05) is 24.3 Å². The van der Waals surface area contributed by atoms with Crippen LogP contribution in [0, 0.1) is 0 Å². The fourth-order valence-electron chi connectivity index (χ4n) is 6.99. The van der Waals surface area contributed by atoms with Gasteiger partial charge >= 0.3 is 6.03 Å². The van der Waals surface area contributed by atoms with E-state index in [4.69, 9.17) is 9.97 Å². The van der Waals surface area contributed by atoms with E-state index in [0.717, 1.165) is 112 Å². The molecule has 0 fully saturated rings. The number of anilines is 2. The van der Waals surface area contributed by atoms with Crippen LogP contribution in [0.25, 0.3) is 45.0 Å². The molecule has 59 heavy (non-hydrogen) atoms. The maximum absolute atomic E-state index is 14.6. The molecule has 0 aliphatic carbocycles. The van der Waals surface area contributed by atoms with Gasteiger partial charge in [-0.1, -0.05) is 155 Å². The zero-order valence-corrected chi connectivity index (χ0v) is 37.3. The van der Waals surface area contributed by atoms with Crippen molar-refractivity contribution < 1.29 is 4.79 Å². The number of urea groups is 1. The van der Waals surface area contributed by atoms with E-state index in [2.05, 4.69) is 164 Å². The molecule has 0 bridgehead atoms. The number of aromatic amines is 2. The van der Waals surface area contributed by atoms with Gasteiger partial charge in [-0.15, -0.1) is 0 Å². The first-order chi connectivity index (χ1) is 28.7. The first kappa shape index (κ1) is 43.4. The number of hydrogen-bond donors (Lipinski definition) is 3. The fraction of sp³-hybridized carbons (Fsp3) is 0.354. The van der Waals surface area contributed by atoms with Gasteiger partial charge in [0, 0.05) is 68.4 Å². The van der Waals surface area contributed by atoms with Gasteiger partial charge in [-0.05, 0) is 43.5 Å². The van der Waals surface area contributed by atoms with Crippen LogP contribution in [0.2, 0.25) is 0 Å². The summed E-state index contributed by atoms with van der Waals surface area (Å²) in [5.41, 5.74) is 10.2. The van der Waals surface area contributed by atoms with E-state index in [-0.39, 0.29) is 16.8 Å². The van der Waals surface area contributed by atoms with Crippen molar-refractivity contribution in [1.82, 2.24) is 30.2 Å². The summed E-state index contributed by atoms with van der Waals surface area (Å²) >= 11 is 3.30. The van der Waals surface area contributed by atoms with Gasteiger partial charge in [-0.25, -0.2) is 14.8 Å². The second kappa shape index (κ2) is 21.2. The van der Waals surface area contributed by atoms with Crippen molar-refractivity contribution in [2.75, 3.05) is 44.5 Å². The molecule has 2 unspecified atom stereocenters. The first-order valence-electron chi connectivity index (χ1n) is 21.0. The van der Waals surface area contributed by atoms with Crippen molar-refractivity contribution in [2.24, 2.45) is 0 Å². The van der Waals surface area contributed by atoms with Crippen molar-refractivity contribution in [2.45, 2.75) is 86.8 Å². The molecule has 0 radical (unpaired) electrons. The number of H-pyrrole nitrogens is 2. The highest BCUT2D eigenvalue weighted by atomic mass is 32.2. The van der Waals surface area contributed by atoms with E-state index in [0.29, 0.717) is 6.54 Å². The Morgan fingerprint density at radius 2 is 0.983 bits per heavy atom. The van der Waals surface area contributed by atoms with Crippen LogP contribution >= 0.6 is 23.5 Å². The number of benzene rings is 4. The molecular formula is C48H60N8OS2. The molecule has 0 saturated heterocycles. The van der Waals surface area contributed by atoms with Gasteiger partial charge < -0.3 is 25.1 Å². The smallest absolute Gasteiger partial charge is 0.319 e. The summed E-state index contributed by atoms with van der Waals surface area (Å²) in [6.07, 6.45) is 6.45. The molecule has 11 heteroatoms. The Hall–Kier alpha value is -5.13. The Balaban J connectivity index is 1.42. The SMILES string of the molecule is CCCCC(Sc1nc(-c2ccccc2)c(-c2ccccc2)[nH]1)N(C(=O)NCCC)C(CCCC)Sc1nc(-c2ccc(N(C)C)cc2)c(-c2ccc(N(C)C)cc2)[nH]1. The highest BCUT2D eigenvalue weighted by Gasteiger charge is 2.34. The average molecular weight is 829 g/mol. The summed E-state index contributed by atoms with van der Waals surface area (Å²) in [7, 11) is 8.21. The lowest BCUT2D eigenvalue weighted by molar-refractivity contribution is 0.182. The number of aromatic nitrogens is 4. The third-order valence-electron chi connectivity index (χ3n) is 10.3. The molecule has 6 aromatic rings. The summed E-state index contributed by atoms with van der Waals surface area (Å²) in [6.45, 7) is 7.12. The second-order valence-electron chi connectivity index (χ2n) is 15.2. The van der Waals surface area contributed by atoms with Gasteiger partial charge in [0.15, 0.2) is 10.3 Å². The predicted molar refractivity (Wildman–Crippen MR) is 251 cm³/mol. The van der Waals surface area contributed by atoms with E-state index < -0.39 is 0 Å². The molecule has 0 saturated carbocycles. The number of hydrogen-bond acceptors (Lipinski definition) is 7. The number of nitrogens with one attached hydrogen (secondary N) is 3. The normalized spacial score (nSPS) is 12.3. The standard InChI is InChI=1S/C48H60N8OS2/c1-8-11-23-40(58-46-50-42(34-19-15-13-16-20-34)43(51-46)35-21-17-14-18-22-35)56(48(57)49-33-10-3)41(24-12-9-2)59-47-52-44(36-25-29-38(30-26-36)54(4)5)45(53-47)37-27-31-39(32-28-37)55(6)7/h13-22,25-32,40-41H,8-12,23-24,33H2,1-7H3,(H,49,57)(H,50,51)(H,52,53). The molecule has 2 amide bonds. The molecule has 4 aromatic carbocycles. The number of carbonyl (C=O) groups is 1. The summed E-state index contributed by atoms with van der Waals surface area (Å²) in [4.78, 5) is 39.0. The average Bonchev–Trinajstić information content (AvgIpc) is 3.89. The molecule has 6 rings (SSSR count). The second-order valence-corrected chi connectivity index (χ2v) is 17.5. The largest absolute Gasteiger partial charge is 0.378 e. The molecule has 0 aliphatic rings. The van der Waals surface area contributed by atoms with Crippen LogP contribution in [0.1, 0.15) is 65.7 Å². The number of amides is 2. The van der Waals surface area contributed by atoms with Gasteiger partial charge in [0.05, 0.1) is 33.5 Å². The number of thioether (sulfide) groups is 2. The Morgan fingerprint density at radius 1 is 0.576 bits per heavy atom. The first-order valence-corrected chi connectivity index (χ1v) is 22.7. The van der Waals surface area contributed by atoms with Crippen molar-refractivity contribution >= 4 is 40.9 Å². The van der Waals surface area contributed by atoms with Gasteiger partial charge in [0.1, 0.15) is 0 Å². The van der Waals surface area contributed by atoms with E-state index in [9.17, 15) is 4.79 Å². The Kier molecular flexibility index (Phi) is 15.6. The maximum Gasteiger partial charge on any atom is 0.319 e. The summed E-state index contributed by atoms with van der Waals surface area (Å²) < 4.78 is 0. The van der Waals surface area contributed by atoms with Gasteiger partial charge in [0.2, 0.25) is 0 Å². The van der Waals surface area contributed by atoms with Crippen LogP contribution < -0.4 is 15.1 Å². The Labute approximate surface area is 359 Å². The highest BCUT2D eigenvalue weighted by Crippen LogP contribution is 2.41. The van der Waals surface area contributed by atoms with Crippen LogP contribution in [0.5, 0.6) is 0 Å². The molecule has 0 spiro atoms. The van der Waals surface area contributed by atoms with E-state index >= 15 is 0 Å². The highest BCUT2D eigenvalue weighted by molar-refractivity contribution is 8.00. The lowest BCUT2D eigenvalue weighted by Gasteiger charge is -2.37. The number of unbranched alkanes of at least 4 members (excludes halogenated alkanes) is 2. The van der Waals surface area contributed by atoms with Crippen molar-refractivity contribution in [3.05, 3.63) is 109 Å². The molecule has 310 valence electrons. The van der Waals surface area contributed by atoms with E-state index in [1.54, 1.807) is 23.5 Å². The quantitative estimate of drug-likeness (QED) is 0.0521. The number of imidazole rings is 2. The molecule has 2 heterocycles. The number of carbonyl (C=O) groups excluding carboxylic acids is 1. The van der Waals surface area contributed by atoms with Crippen LogP contribution in [0.4, 0.5) is 16.2 Å². The van der Waals surface area contributed by atoms with Crippen LogP contribution in [-0.2, 0) is 0 Å². The lowest BCUT2D eigenvalue weighted by Crippen LogP contribution is -2.49. The van der Waals surface area contributed by atoms with Crippen LogP contribution in [0.15, 0.2) is 120 Å². The molecule has 3 N–H and O–H groups in total. The number of rotatable bonds is 20. The zero-order valence-electron chi connectivity index (χ0n) is 35.7. The molecule has 9 nitrogen and oxygen atoms in total. The topological polar surface area (TPSA) is 96.2 Å². The van der Waals surface area contributed by atoms with E-state index in [1.165, 1.54) is 0 Å². The monoisotopic (exact) mass is 828 g/mol. The Bertz CT molecular complexity index is 2060. The third-order valence-corrected chi connectivity index (χ3v) is 12.6. The van der Waals surface area contributed by atoms with Gasteiger partial charge in [-0.3, -0.25) is 4.90 Å². The van der Waals surface area contributed by atoms with Crippen molar-refractivity contribution in [3.63, 3.8) is 0 Å². The van der Waals surface area contributed by atoms with Crippen molar-refractivity contribution in [3.8, 4) is 45.0 Å². The summed E-state index contributed by atoms with van der Waals surface area (Å²) in [5, 5.41) is 4.47. The van der Waals surface area contributed by atoms with Gasteiger partial charge in [-0.2, -0.15) is 0 Å². The fourth-order valence-corrected chi connectivity index (χ4v) is 9.47. The van der Waals surface area contributed by atoms with Crippen LogP contribution in [-0.4, -0.2) is 76.4 Å². The lowest BCUT2D eigenvalue weighted by atomic mass is 10.0. The van der Waals surface area contributed by atoms with Crippen molar-refractivity contribution in [1.29, 1.82) is 0 Å². The summed E-state index contributed by atoms with van der Waals surface area (Å²) in [6, 6.07) is 37.8. The van der Waals surface area contributed by atoms with Crippen LogP contribution in [0.3, 0.4) is 0 Å². The zero-order chi connectivity index (χ0) is 41.7. The number of nitrogens with zero attached hydrogens (tertiary/aromatic N) is 5. The molecule has 2 atom stereocenters. The minimum Gasteiger partial charge on any atom is -0.378 e. The minimum atomic E-state index is -0.197. The molecule has 2 aromatic heterocycles. The summed E-state index contributed by atoms with van der Waals surface area (Å²) in [5.74, 6) is 0. The third kappa shape index (κ3) is 11.1. The minimum absolute atomic E-state index is 0.0577. The predicted octanol–water partition coefficient (Wildman–Crippen LogP) is 12.3. The Morgan fingerprint density at radius 3 is 1.41 bits per heavy atom. The molecular weight excluding hydrogens is 769 g/mol. The maximum atomic E-state index is 14.6.